The van der Waals surface area contributed by atoms with E-state index in [4.69, 9.17) is 19.9 Å². The van der Waals surface area contributed by atoms with Gasteiger partial charge in [-0.3, -0.25) is 4.98 Å². The molecule has 0 atom stereocenters. The summed E-state index contributed by atoms with van der Waals surface area (Å²) in [6, 6.07) is 67.5. The third-order valence-electron chi connectivity index (χ3n) is 12.4. The van der Waals surface area contributed by atoms with E-state index >= 15 is 0 Å². The van der Waals surface area contributed by atoms with Gasteiger partial charge in [-0.15, -0.1) is 0 Å². The summed E-state index contributed by atoms with van der Waals surface area (Å²) in [6.45, 7) is 0. The van der Waals surface area contributed by atoms with Crippen molar-refractivity contribution < 1.29 is 0 Å². The molecule has 0 unspecified atom stereocenters. The largest absolute Gasteiger partial charge is 0.255 e. The highest BCUT2D eigenvalue weighted by molar-refractivity contribution is 6.20. The van der Waals surface area contributed by atoms with Crippen LogP contribution in [0, 0.1) is 0 Å². The molecule has 0 saturated heterocycles. The summed E-state index contributed by atoms with van der Waals surface area (Å²) >= 11 is 0. The Balaban J connectivity index is 1.08. The van der Waals surface area contributed by atoms with Crippen molar-refractivity contribution in [2.75, 3.05) is 0 Å². The number of aromatic nitrogens is 4. The quantitative estimate of drug-likeness (QED) is 0.175. The van der Waals surface area contributed by atoms with E-state index in [2.05, 4.69) is 152 Å². The number of fused-ring (bicyclic) bond motifs is 7. The van der Waals surface area contributed by atoms with Gasteiger partial charge in [-0.1, -0.05) is 158 Å². The van der Waals surface area contributed by atoms with Gasteiger partial charge in [0.25, 0.3) is 0 Å². The first-order valence-corrected chi connectivity index (χ1v) is 20.4. The molecular weight excluding hydrogens is 729 g/mol. The van der Waals surface area contributed by atoms with E-state index in [0.717, 1.165) is 38.7 Å². The first-order chi connectivity index (χ1) is 29.7. The summed E-state index contributed by atoms with van der Waals surface area (Å²) in [4.78, 5) is 20.4. The minimum Gasteiger partial charge on any atom is -0.255 e. The summed E-state index contributed by atoms with van der Waals surface area (Å²) < 4.78 is 0. The zero-order valence-corrected chi connectivity index (χ0v) is 32.3. The minimum atomic E-state index is 0.579. The molecule has 60 heavy (non-hydrogen) atoms. The highest BCUT2D eigenvalue weighted by Gasteiger charge is 2.25. The van der Waals surface area contributed by atoms with Gasteiger partial charge in [-0.05, 0) is 119 Å². The van der Waals surface area contributed by atoms with Crippen LogP contribution in [0.4, 0.5) is 0 Å². The van der Waals surface area contributed by atoms with Crippen LogP contribution in [0.1, 0.15) is 0 Å². The van der Waals surface area contributed by atoms with Gasteiger partial charge in [-0.2, -0.15) is 0 Å². The van der Waals surface area contributed by atoms with Crippen molar-refractivity contribution in [1.82, 2.24) is 19.9 Å². The molecular formula is C56H32N4. The molecule has 0 aliphatic heterocycles. The fourth-order valence-corrected chi connectivity index (χ4v) is 9.73. The standard InChI is InChI=1S/C56H32N4/c1-2-12-33(13-3-1)54-58-55(60-56(59-54)38-28-34-14-4-9-23-51(34)57-32-38)37-30-35(39-24-26-49-43-17-7-5-15-41(43)47-21-10-19-45(39)52(47)49)29-36(31-37)40-25-27-50-44-18-8-6-16-42(44)48-22-11-20-46(40)53(48)50/h1-32H. The van der Waals surface area contributed by atoms with Crippen molar-refractivity contribution in [3.05, 3.63) is 194 Å². The van der Waals surface area contributed by atoms with Crippen LogP contribution in [0.25, 0.3) is 133 Å². The van der Waals surface area contributed by atoms with Crippen LogP contribution < -0.4 is 0 Å². The van der Waals surface area contributed by atoms with Crippen LogP contribution in [0.5, 0.6) is 0 Å². The number of benzene rings is 9. The van der Waals surface area contributed by atoms with Crippen molar-refractivity contribution in [2.45, 2.75) is 0 Å². The number of pyridine rings is 1. The highest BCUT2D eigenvalue weighted by Crippen LogP contribution is 2.52. The zero-order chi connectivity index (χ0) is 39.3. The average Bonchev–Trinajstić information content (AvgIpc) is 3.83. The van der Waals surface area contributed by atoms with Crippen molar-refractivity contribution in [3.63, 3.8) is 0 Å². The predicted octanol–water partition coefficient (Wildman–Crippen LogP) is 14.4. The molecule has 4 heteroatoms. The molecule has 0 bridgehead atoms. The lowest BCUT2D eigenvalue weighted by Gasteiger charge is -2.16. The third-order valence-corrected chi connectivity index (χ3v) is 12.4. The molecule has 9 aromatic carbocycles. The Morgan fingerprint density at radius 1 is 0.267 bits per heavy atom. The zero-order valence-electron chi connectivity index (χ0n) is 32.3. The first kappa shape index (κ1) is 32.9. The maximum Gasteiger partial charge on any atom is 0.165 e. The molecule has 0 radical (unpaired) electrons. The van der Waals surface area contributed by atoms with Crippen molar-refractivity contribution >= 4 is 32.4 Å². The molecule has 276 valence electrons. The van der Waals surface area contributed by atoms with E-state index in [1.54, 1.807) is 0 Å². The Hall–Kier alpha value is -8.08. The van der Waals surface area contributed by atoms with E-state index in [1.165, 1.54) is 77.2 Å². The van der Waals surface area contributed by atoms with Gasteiger partial charge in [0, 0.05) is 28.3 Å². The first-order valence-electron chi connectivity index (χ1n) is 20.4. The topological polar surface area (TPSA) is 51.6 Å². The van der Waals surface area contributed by atoms with E-state index in [1.807, 2.05) is 42.6 Å². The lowest BCUT2D eigenvalue weighted by atomic mass is 9.89. The maximum atomic E-state index is 5.27. The summed E-state index contributed by atoms with van der Waals surface area (Å²) in [7, 11) is 0. The number of para-hydroxylation sites is 1. The molecule has 0 fully saturated rings. The summed E-state index contributed by atoms with van der Waals surface area (Å²) in [5.41, 5.74) is 18.4. The van der Waals surface area contributed by atoms with Gasteiger partial charge < -0.3 is 0 Å². The lowest BCUT2D eigenvalue weighted by molar-refractivity contribution is 1.07. The van der Waals surface area contributed by atoms with Gasteiger partial charge in [0.1, 0.15) is 0 Å². The Labute approximate surface area is 346 Å². The molecule has 13 rings (SSSR count). The Bertz CT molecular complexity index is 3400. The van der Waals surface area contributed by atoms with Gasteiger partial charge in [-0.25, -0.2) is 15.0 Å². The van der Waals surface area contributed by atoms with E-state index < -0.39 is 0 Å². The monoisotopic (exact) mass is 760 g/mol. The third kappa shape index (κ3) is 4.91. The summed E-state index contributed by atoms with van der Waals surface area (Å²) in [5, 5.41) is 6.08. The van der Waals surface area contributed by atoms with E-state index in [0.29, 0.717) is 17.5 Å². The van der Waals surface area contributed by atoms with Crippen LogP contribution >= 0.6 is 0 Å². The average molecular weight is 761 g/mol. The second kappa shape index (κ2) is 12.7. The second-order valence-corrected chi connectivity index (χ2v) is 15.8. The minimum absolute atomic E-state index is 0.579. The molecule has 2 heterocycles. The number of hydrogen-bond acceptors (Lipinski definition) is 4. The molecule has 2 aliphatic carbocycles. The van der Waals surface area contributed by atoms with Crippen LogP contribution in [-0.2, 0) is 0 Å². The van der Waals surface area contributed by atoms with Crippen LogP contribution in [0.2, 0.25) is 0 Å². The van der Waals surface area contributed by atoms with Gasteiger partial charge in [0.05, 0.1) is 5.52 Å². The molecule has 11 aromatic rings. The molecule has 0 amide bonds. The molecule has 0 N–H and O–H groups in total. The van der Waals surface area contributed by atoms with Gasteiger partial charge >= 0.3 is 0 Å². The maximum absolute atomic E-state index is 5.27. The summed E-state index contributed by atoms with van der Waals surface area (Å²) in [5.74, 6) is 1.80. The number of hydrogen-bond donors (Lipinski definition) is 0. The lowest BCUT2D eigenvalue weighted by Crippen LogP contribution is -2.01. The number of rotatable bonds is 5. The molecule has 4 nitrogen and oxygen atoms in total. The van der Waals surface area contributed by atoms with Crippen molar-refractivity contribution in [3.8, 4) is 101 Å². The van der Waals surface area contributed by atoms with Crippen molar-refractivity contribution in [1.29, 1.82) is 0 Å². The Kier molecular flexibility index (Phi) is 6.98. The van der Waals surface area contributed by atoms with Gasteiger partial charge in [0.2, 0.25) is 0 Å². The Morgan fingerprint density at radius 3 is 1.28 bits per heavy atom. The van der Waals surface area contributed by atoms with Crippen LogP contribution in [-0.4, -0.2) is 19.9 Å². The normalized spacial score (nSPS) is 12.0. The second-order valence-electron chi connectivity index (χ2n) is 15.8. The number of nitrogens with zero attached hydrogens (tertiary/aromatic N) is 4. The SMILES string of the molecule is c1ccc(-c2nc(-c3cc(-c4ccc5c6c(cccc46)-c4ccccc4-5)cc(-c4ccc5c6c(cccc46)-c4ccccc4-5)c3)nc(-c3cnc4ccccc4c3)n2)cc1. The molecule has 0 saturated carbocycles. The van der Waals surface area contributed by atoms with Crippen LogP contribution in [0.15, 0.2) is 194 Å². The summed E-state index contributed by atoms with van der Waals surface area (Å²) in [6.07, 6.45) is 1.87. The van der Waals surface area contributed by atoms with E-state index in [9.17, 15) is 0 Å². The fraction of sp³-hybridized carbons (Fsp3) is 0. The smallest absolute Gasteiger partial charge is 0.165 e. The Morgan fingerprint density at radius 2 is 0.700 bits per heavy atom. The fourth-order valence-electron chi connectivity index (χ4n) is 9.73. The van der Waals surface area contributed by atoms with E-state index in [-0.39, 0.29) is 0 Å². The molecule has 0 spiro atoms. The van der Waals surface area contributed by atoms with Crippen molar-refractivity contribution in [2.24, 2.45) is 0 Å². The van der Waals surface area contributed by atoms with Crippen LogP contribution in [0.3, 0.4) is 0 Å². The van der Waals surface area contributed by atoms with Gasteiger partial charge in [0.15, 0.2) is 17.5 Å². The predicted molar refractivity (Wildman–Crippen MR) is 246 cm³/mol. The highest BCUT2D eigenvalue weighted by atomic mass is 15.0. The molecule has 2 aromatic heterocycles. The molecule has 2 aliphatic rings.